The molecule has 5 nitrogen and oxygen atoms in total. The molecule has 0 spiro atoms. The summed E-state index contributed by atoms with van der Waals surface area (Å²) in [5.74, 6) is 2.03. The molecule has 5 heteroatoms. The summed E-state index contributed by atoms with van der Waals surface area (Å²) in [6.07, 6.45) is 4.24. The van der Waals surface area contributed by atoms with Crippen molar-refractivity contribution in [3.05, 3.63) is 11.9 Å². The fourth-order valence-corrected chi connectivity index (χ4v) is 3.66. The van der Waals surface area contributed by atoms with E-state index in [1.54, 1.807) is 6.33 Å². The van der Waals surface area contributed by atoms with Crippen molar-refractivity contribution in [3.63, 3.8) is 0 Å². The molecular formula is C15H25N5. The first-order valence-electron chi connectivity index (χ1n) is 7.69. The largest absolute Gasteiger partial charge is 0.383 e. The van der Waals surface area contributed by atoms with Crippen molar-refractivity contribution in [2.24, 2.45) is 0 Å². The molecule has 2 aliphatic rings. The standard InChI is InChI=1S/C15H25N5/c1-10(2)13-14(16)17-9-18-15(13)20-8-12-5-4-6-19(12)7-11(20)3/h9-12H,4-8H2,1-3H3,(H2,16,17,18). The highest BCUT2D eigenvalue weighted by Crippen LogP contribution is 2.34. The fraction of sp³-hybridized carbons (Fsp3) is 0.733. The normalized spacial score (nSPS) is 27.1. The maximum absolute atomic E-state index is 6.09. The first kappa shape index (κ1) is 13.6. The Labute approximate surface area is 121 Å². The number of rotatable bonds is 2. The van der Waals surface area contributed by atoms with Crippen LogP contribution in [0.25, 0.3) is 0 Å². The van der Waals surface area contributed by atoms with Crippen molar-refractivity contribution >= 4 is 11.6 Å². The van der Waals surface area contributed by atoms with Crippen molar-refractivity contribution < 1.29 is 0 Å². The van der Waals surface area contributed by atoms with Gasteiger partial charge in [0.1, 0.15) is 18.0 Å². The number of piperazine rings is 1. The third-order valence-electron chi connectivity index (χ3n) is 4.68. The lowest BCUT2D eigenvalue weighted by atomic mass is 10.0. The van der Waals surface area contributed by atoms with Crippen LogP contribution < -0.4 is 10.6 Å². The summed E-state index contributed by atoms with van der Waals surface area (Å²) in [6.45, 7) is 10.1. The van der Waals surface area contributed by atoms with Gasteiger partial charge in [0.25, 0.3) is 0 Å². The summed E-state index contributed by atoms with van der Waals surface area (Å²) < 4.78 is 0. The summed E-state index contributed by atoms with van der Waals surface area (Å²) in [5, 5.41) is 0. The van der Waals surface area contributed by atoms with Gasteiger partial charge in [-0.2, -0.15) is 0 Å². The summed E-state index contributed by atoms with van der Waals surface area (Å²) >= 11 is 0. The zero-order valence-corrected chi connectivity index (χ0v) is 12.7. The maximum atomic E-state index is 6.09. The van der Waals surface area contributed by atoms with Crippen molar-refractivity contribution in [1.82, 2.24) is 14.9 Å². The van der Waals surface area contributed by atoms with Crippen LogP contribution in [0.2, 0.25) is 0 Å². The van der Waals surface area contributed by atoms with E-state index in [1.807, 2.05) is 0 Å². The second-order valence-electron chi connectivity index (χ2n) is 6.44. The molecular weight excluding hydrogens is 250 g/mol. The van der Waals surface area contributed by atoms with E-state index in [-0.39, 0.29) is 0 Å². The minimum absolute atomic E-state index is 0.347. The van der Waals surface area contributed by atoms with E-state index in [4.69, 9.17) is 5.73 Å². The number of nitrogen functional groups attached to an aromatic ring is 1. The van der Waals surface area contributed by atoms with Gasteiger partial charge >= 0.3 is 0 Å². The Morgan fingerprint density at radius 3 is 2.85 bits per heavy atom. The summed E-state index contributed by atoms with van der Waals surface area (Å²) in [5.41, 5.74) is 7.20. The second kappa shape index (κ2) is 5.20. The molecule has 0 aliphatic carbocycles. The Morgan fingerprint density at radius 1 is 1.30 bits per heavy atom. The minimum Gasteiger partial charge on any atom is -0.383 e. The van der Waals surface area contributed by atoms with Crippen LogP contribution in [0.4, 0.5) is 11.6 Å². The van der Waals surface area contributed by atoms with Crippen LogP contribution in [0.3, 0.4) is 0 Å². The van der Waals surface area contributed by atoms with Crippen molar-refractivity contribution in [2.45, 2.75) is 51.6 Å². The van der Waals surface area contributed by atoms with E-state index < -0.39 is 0 Å². The summed E-state index contributed by atoms with van der Waals surface area (Å²) in [6, 6.07) is 1.17. The molecule has 2 aliphatic heterocycles. The molecule has 0 amide bonds. The molecule has 2 atom stereocenters. The zero-order valence-electron chi connectivity index (χ0n) is 12.7. The number of hydrogen-bond donors (Lipinski definition) is 1. The molecule has 0 aromatic carbocycles. The van der Waals surface area contributed by atoms with Crippen LogP contribution in [0.1, 0.15) is 45.1 Å². The monoisotopic (exact) mass is 275 g/mol. The van der Waals surface area contributed by atoms with E-state index in [0.29, 0.717) is 23.8 Å². The lowest BCUT2D eigenvalue weighted by molar-refractivity contribution is 0.202. The second-order valence-corrected chi connectivity index (χ2v) is 6.44. The highest BCUT2D eigenvalue weighted by Gasteiger charge is 2.36. The van der Waals surface area contributed by atoms with Gasteiger partial charge in [0.2, 0.25) is 0 Å². The SMILES string of the molecule is CC(C)c1c(N)ncnc1N1CC2CCCN2CC1C. The Hall–Kier alpha value is -1.36. The van der Waals surface area contributed by atoms with E-state index >= 15 is 0 Å². The molecule has 3 rings (SSSR count). The number of hydrogen-bond acceptors (Lipinski definition) is 5. The lowest BCUT2D eigenvalue weighted by Gasteiger charge is -2.43. The van der Waals surface area contributed by atoms with Gasteiger partial charge in [-0.1, -0.05) is 13.8 Å². The average Bonchev–Trinajstić information content (AvgIpc) is 2.84. The Balaban J connectivity index is 1.94. The predicted octanol–water partition coefficient (Wildman–Crippen LogP) is 1.86. The molecule has 0 saturated carbocycles. The number of fused-ring (bicyclic) bond motifs is 1. The summed E-state index contributed by atoms with van der Waals surface area (Å²) in [4.78, 5) is 13.8. The third kappa shape index (κ3) is 2.24. The van der Waals surface area contributed by atoms with Crippen molar-refractivity contribution in [1.29, 1.82) is 0 Å². The van der Waals surface area contributed by atoms with Crippen molar-refractivity contribution in [3.8, 4) is 0 Å². The highest BCUT2D eigenvalue weighted by molar-refractivity contribution is 5.59. The number of nitrogens with zero attached hydrogens (tertiary/aromatic N) is 4. The third-order valence-corrected chi connectivity index (χ3v) is 4.68. The van der Waals surface area contributed by atoms with Gasteiger partial charge in [-0.25, -0.2) is 9.97 Å². The smallest absolute Gasteiger partial charge is 0.137 e. The van der Waals surface area contributed by atoms with Gasteiger partial charge in [0.05, 0.1) is 0 Å². The molecule has 2 N–H and O–H groups in total. The minimum atomic E-state index is 0.347. The van der Waals surface area contributed by atoms with E-state index in [0.717, 1.165) is 24.5 Å². The molecule has 20 heavy (non-hydrogen) atoms. The van der Waals surface area contributed by atoms with Crippen LogP contribution in [-0.2, 0) is 0 Å². The van der Waals surface area contributed by atoms with Gasteiger partial charge in [-0.15, -0.1) is 0 Å². The maximum Gasteiger partial charge on any atom is 0.137 e. The van der Waals surface area contributed by atoms with Gasteiger partial charge in [-0.3, -0.25) is 4.90 Å². The molecule has 3 heterocycles. The van der Waals surface area contributed by atoms with Crippen LogP contribution in [0, 0.1) is 0 Å². The van der Waals surface area contributed by atoms with Crippen LogP contribution in [-0.4, -0.2) is 46.6 Å². The molecule has 2 fully saturated rings. The summed E-state index contributed by atoms with van der Waals surface area (Å²) in [7, 11) is 0. The molecule has 2 unspecified atom stereocenters. The van der Waals surface area contributed by atoms with Gasteiger partial charge in [0, 0.05) is 30.7 Å². The Kier molecular flexibility index (Phi) is 3.54. The number of nitrogens with two attached hydrogens (primary N) is 1. The Bertz CT molecular complexity index is 487. The first-order valence-corrected chi connectivity index (χ1v) is 7.69. The topological polar surface area (TPSA) is 58.3 Å². The molecule has 110 valence electrons. The first-order chi connectivity index (χ1) is 9.58. The van der Waals surface area contributed by atoms with E-state index in [1.165, 1.54) is 19.4 Å². The molecule has 1 aromatic heterocycles. The Morgan fingerprint density at radius 2 is 2.10 bits per heavy atom. The van der Waals surface area contributed by atoms with E-state index in [2.05, 4.69) is 40.5 Å². The van der Waals surface area contributed by atoms with Gasteiger partial charge in [0.15, 0.2) is 0 Å². The number of aromatic nitrogens is 2. The van der Waals surface area contributed by atoms with Gasteiger partial charge < -0.3 is 10.6 Å². The van der Waals surface area contributed by atoms with Crippen LogP contribution in [0.15, 0.2) is 6.33 Å². The lowest BCUT2D eigenvalue weighted by Crippen LogP contribution is -2.55. The molecule has 0 radical (unpaired) electrons. The molecule has 2 saturated heterocycles. The van der Waals surface area contributed by atoms with E-state index in [9.17, 15) is 0 Å². The van der Waals surface area contributed by atoms with Crippen molar-refractivity contribution in [2.75, 3.05) is 30.3 Å². The fourth-order valence-electron chi connectivity index (χ4n) is 3.66. The molecule has 0 bridgehead atoms. The predicted molar refractivity (Wildman–Crippen MR) is 81.9 cm³/mol. The zero-order chi connectivity index (χ0) is 14.3. The van der Waals surface area contributed by atoms with Crippen LogP contribution in [0.5, 0.6) is 0 Å². The molecule has 1 aromatic rings. The highest BCUT2D eigenvalue weighted by atomic mass is 15.3. The quantitative estimate of drug-likeness (QED) is 0.892. The van der Waals surface area contributed by atoms with Crippen LogP contribution >= 0.6 is 0 Å². The number of anilines is 2. The average molecular weight is 275 g/mol. The van der Waals surface area contributed by atoms with Gasteiger partial charge in [-0.05, 0) is 32.2 Å².